The van der Waals surface area contributed by atoms with Crippen LogP contribution in [0.25, 0.3) is 10.3 Å². The molecule has 3 aromatic rings. The first kappa shape index (κ1) is 17.2. The molecule has 128 valence electrons. The predicted octanol–water partition coefficient (Wildman–Crippen LogP) is 3.01. The van der Waals surface area contributed by atoms with Crippen molar-refractivity contribution in [3.63, 3.8) is 0 Å². The van der Waals surface area contributed by atoms with E-state index in [1.54, 1.807) is 34.9 Å². The number of allylic oxidation sites excluding steroid dienone is 1. The number of carbonyl (C=O) groups is 1. The molecule has 25 heavy (non-hydrogen) atoms. The number of thiazole rings is 1. The minimum Gasteiger partial charge on any atom is -0.465 e. The minimum atomic E-state index is -0.393. The van der Waals surface area contributed by atoms with Gasteiger partial charge in [-0.3, -0.25) is 9.36 Å². The quantitative estimate of drug-likeness (QED) is 0.391. The number of rotatable bonds is 5. The fraction of sp³-hybridized carbons (Fsp3) is 0.176. The molecular formula is C17H15N3O3S2. The van der Waals surface area contributed by atoms with Crippen molar-refractivity contribution in [2.75, 3.05) is 7.11 Å². The Morgan fingerprint density at radius 2 is 2.12 bits per heavy atom. The van der Waals surface area contributed by atoms with Gasteiger partial charge in [0.2, 0.25) is 0 Å². The van der Waals surface area contributed by atoms with Crippen LogP contribution in [-0.4, -0.2) is 27.2 Å². The van der Waals surface area contributed by atoms with Crippen LogP contribution in [0, 0.1) is 3.95 Å². The van der Waals surface area contributed by atoms with Crippen molar-refractivity contribution < 1.29 is 9.53 Å². The van der Waals surface area contributed by atoms with E-state index in [1.807, 2.05) is 0 Å². The molecule has 0 aliphatic heterocycles. The lowest BCUT2D eigenvalue weighted by Crippen LogP contribution is -2.21. The molecular weight excluding hydrogens is 358 g/mol. The number of fused-ring (bicyclic) bond motifs is 1. The highest BCUT2D eigenvalue weighted by molar-refractivity contribution is 7.73. The van der Waals surface area contributed by atoms with E-state index in [-0.39, 0.29) is 5.56 Å². The van der Waals surface area contributed by atoms with Crippen molar-refractivity contribution in [3.05, 3.63) is 68.7 Å². The van der Waals surface area contributed by atoms with E-state index in [0.717, 1.165) is 5.56 Å². The van der Waals surface area contributed by atoms with Crippen LogP contribution in [0.2, 0.25) is 0 Å². The number of methoxy groups -OCH3 is 1. The van der Waals surface area contributed by atoms with Gasteiger partial charge >= 0.3 is 5.97 Å². The highest BCUT2D eigenvalue weighted by atomic mass is 32.1. The molecule has 0 saturated heterocycles. The Kier molecular flexibility index (Phi) is 4.91. The fourth-order valence-corrected chi connectivity index (χ4v) is 3.75. The summed E-state index contributed by atoms with van der Waals surface area (Å²) in [4.78, 5) is 28.5. The molecule has 0 aliphatic carbocycles. The van der Waals surface area contributed by atoms with Gasteiger partial charge in [-0.25, -0.2) is 9.78 Å². The van der Waals surface area contributed by atoms with Gasteiger partial charge in [-0.1, -0.05) is 29.5 Å². The largest absolute Gasteiger partial charge is 0.465 e. The van der Waals surface area contributed by atoms with Crippen molar-refractivity contribution in [1.82, 2.24) is 14.1 Å². The SMILES string of the molecule is C=CCn1c(=S)sc2c(=O)n(Cc3ccc(C(=O)OC)cc3)cnc21. The zero-order chi connectivity index (χ0) is 18.0. The maximum absolute atomic E-state index is 12.7. The summed E-state index contributed by atoms with van der Waals surface area (Å²) in [5.41, 5.74) is 1.79. The lowest BCUT2D eigenvalue weighted by atomic mass is 10.1. The van der Waals surface area contributed by atoms with Crippen LogP contribution < -0.4 is 5.56 Å². The number of nitrogens with zero attached hydrogens (tertiary/aromatic N) is 3. The van der Waals surface area contributed by atoms with Crippen LogP contribution in [0.15, 0.2) is 48.0 Å². The van der Waals surface area contributed by atoms with Gasteiger partial charge in [0.25, 0.3) is 5.56 Å². The molecule has 0 amide bonds. The summed E-state index contributed by atoms with van der Waals surface area (Å²) in [5, 5.41) is 0. The first-order valence-corrected chi connectivity index (χ1v) is 8.64. The first-order valence-electron chi connectivity index (χ1n) is 7.42. The number of hydrogen-bond acceptors (Lipinski definition) is 6. The van der Waals surface area contributed by atoms with E-state index in [4.69, 9.17) is 12.2 Å². The van der Waals surface area contributed by atoms with E-state index < -0.39 is 5.97 Å². The van der Waals surface area contributed by atoms with Gasteiger partial charge < -0.3 is 9.30 Å². The maximum atomic E-state index is 12.7. The molecule has 0 spiro atoms. The predicted molar refractivity (Wildman–Crippen MR) is 99.8 cm³/mol. The Balaban J connectivity index is 1.96. The van der Waals surface area contributed by atoms with Crippen molar-refractivity contribution in [2.45, 2.75) is 13.1 Å². The van der Waals surface area contributed by atoms with Gasteiger partial charge in [0.1, 0.15) is 11.0 Å². The summed E-state index contributed by atoms with van der Waals surface area (Å²) in [6.45, 7) is 4.57. The standard InChI is InChI=1S/C17H15N3O3S2/c1-3-8-20-14-13(25-17(20)24)15(21)19(10-18-14)9-11-4-6-12(7-5-11)16(22)23-2/h3-7,10H,1,8-9H2,2H3. The van der Waals surface area contributed by atoms with E-state index in [0.29, 0.717) is 33.0 Å². The Labute approximate surface area is 152 Å². The lowest BCUT2D eigenvalue weighted by Gasteiger charge is -2.07. The maximum Gasteiger partial charge on any atom is 0.337 e. The third-order valence-electron chi connectivity index (χ3n) is 3.68. The van der Waals surface area contributed by atoms with Crippen LogP contribution in [-0.2, 0) is 17.8 Å². The highest BCUT2D eigenvalue weighted by Gasteiger charge is 2.12. The molecule has 3 rings (SSSR count). The van der Waals surface area contributed by atoms with Crippen molar-refractivity contribution >= 4 is 39.9 Å². The second-order valence-electron chi connectivity index (χ2n) is 5.29. The topological polar surface area (TPSA) is 66.1 Å². The molecule has 0 unspecified atom stereocenters. The number of esters is 1. The number of ether oxygens (including phenoxy) is 1. The highest BCUT2D eigenvalue weighted by Crippen LogP contribution is 2.18. The average molecular weight is 373 g/mol. The molecule has 2 heterocycles. The summed E-state index contributed by atoms with van der Waals surface area (Å²) >= 11 is 6.56. The Morgan fingerprint density at radius 3 is 2.76 bits per heavy atom. The molecule has 8 heteroatoms. The zero-order valence-electron chi connectivity index (χ0n) is 13.5. The Morgan fingerprint density at radius 1 is 1.40 bits per heavy atom. The third-order valence-corrected chi connectivity index (χ3v) is 5.11. The third kappa shape index (κ3) is 3.31. The van der Waals surface area contributed by atoms with Crippen molar-refractivity contribution in [3.8, 4) is 0 Å². The molecule has 0 bridgehead atoms. The first-order chi connectivity index (χ1) is 12.0. The monoisotopic (exact) mass is 373 g/mol. The molecule has 0 fully saturated rings. The summed E-state index contributed by atoms with van der Waals surface area (Å²) in [6.07, 6.45) is 3.23. The van der Waals surface area contributed by atoms with Crippen molar-refractivity contribution in [2.24, 2.45) is 0 Å². The van der Waals surface area contributed by atoms with Gasteiger partial charge in [-0.2, -0.15) is 0 Å². The van der Waals surface area contributed by atoms with E-state index in [2.05, 4.69) is 16.3 Å². The van der Waals surface area contributed by atoms with Gasteiger partial charge in [-0.05, 0) is 29.9 Å². The average Bonchev–Trinajstić information content (AvgIpc) is 2.94. The Hall–Kier alpha value is -2.58. The molecule has 0 radical (unpaired) electrons. The summed E-state index contributed by atoms with van der Waals surface area (Å²) in [6, 6.07) is 6.91. The van der Waals surface area contributed by atoms with Crippen LogP contribution in [0.3, 0.4) is 0 Å². The molecule has 2 aromatic heterocycles. The van der Waals surface area contributed by atoms with E-state index >= 15 is 0 Å². The summed E-state index contributed by atoms with van der Waals surface area (Å²) in [5.74, 6) is -0.393. The second kappa shape index (κ2) is 7.12. The number of benzene rings is 1. The molecule has 0 aliphatic rings. The molecule has 0 saturated carbocycles. The molecule has 1 aromatic carbocycles. The Bertz CT molecular complexity index is 1060. The van der Waals surface area contributed by atoms with E-state index in [1.165, 1.54) is 29.3 Å². The van der Waals surface area contributed by atoms with Gasteiger partial charge in [0.15, 0.2) is 9.60 Å². The lowest BCUT2D eigenvalue weighted by molar-refractivity contribution is 0.0600. The summed E-state index contributed by atoms with van der Waals surface area (Å²) in [7, 11) is 1.34. The van der Waals surface area contributed by atoms with Crippen LogP contribution >= 0.6 is 23.6 Å². The van der Waals surface area contributed by atoms with E-state index in [9.17, 15) is 9.59 Å². The second-order valence-corrected chi connectivity index (χ2v) is 6.93. The number of hydrogen-bond donors (Lipinski definition) is 0. The van der Waals surface area contributed by atoms with Crippen LogP contribution in [0.5, 0.6) is 0 Å². The smallest absolute Gasteiger partial charge is 0.337 e. The normalized spacial score (nSPS) is 10.8. The number of carbonyl (C=O) groups excluding carboxylic acids is 1. The van der Waals surface area contributed by atoms with Gasteiger partial charge in [0, 0.05) is 6.54 Å². The number of aromatic nitrogens is 3. The van der Waals surface area contributed by atoms with Crippen LogP contribution in [0.4, 0.5) is 0 Å². The van der Waals surface area contributed by atoms with Gasteiger partial charge in [-0.15, -0.1) is 6.58 Å². The minimum absolute atomic E-state index is 0.138. The van der Waals surface area contributed by atoms with Gasteiger partial charge in [0.05, 0.1) is 19.2 Å². The van der Waals surface area contributed by atoms with Crippen LogP contribution in [0.1, 0.15) is 15.9 Å². The molecule has 0 atom stereocenters. The molecule has 6 nitrogen and oxygen atoms in total. The molecule has 0 N–H and O–H groups in total. The zero-order valence-corrected chi connectivity index (χ0v) is 15.1. The van der Waals surface area contributed by atoms with Crippen molar-refractivity contribution in [1.29, 1.82) is 0 Å². The fourth-order valence-electron chi connectivity index (χ4n) is 2.44. The summed E-state index contributed by atoms with van der Waals surface area (Å²) < 4.78 is 9.12.